The summed E-state index contributed by atoms with van der Waals surface area (Å²) in [4.78, 5) is 3.47. The van der Waals surface area contributed by atoms with E-state index >= 15 is 0 Å². The molecule has 0 unspecified atom stereocenters. The summed E-state index contributed by atoms with van der Waals surface area (Å²) in [6.07, 6.45) is 1.47. The van der Waals surface area contributed by atoms with Crippen molar-refractivity contribution in [2.24, 2.45) is 0 Å². The van der Waals surface area contributed by atoms with Crippen LogP contribution >= 0.6 is 0 Å². The van der Waals surface area contributed by atoms with Crippen LogP contribution in [0.1, 0.15) is 5.56 Å². The molecule has 0 aliphatic heterocycles. The van der Waals surface area contributed by atoms with Gasteiger partial charge in [-0.05, 0) is 23.8 Å². The Hall–Kier alpha value is -2.19. The van der Waals surface area contributed by atoms with Crippen molar-refractivity contribution in [3.05, 3.63) is 47.9 Å². The Morgan fingerprint density at radius 2 is 2.10 bits per heavy atom. The smallest absolute Gasteiger partial charge is 0.243 e. The SMILES string of the molecule is COc1ccc(CNS(=O)(=O)c2cc(N)ccc2F)cn1. The number of aromatic nitrogens is 1. The quantitative estimate of drug-likeness (QED) is 0.811. The minimum absolute atomic E-state index is 0.0203. The second-order valence-corrected chi connectivity index (χ2v) is 5.96. The standard InChI is InChI=1S/C13H14FN3O3S/c1-20-13-5-2-9(7-16-13)8-17-21(18,19)12-6-10(15)3-4-11(12)14/h2-7,17H,8,15H2,1H3. The van der Waals surface area contributed by atoms with Gasteiger partial charge in [-0.1, -0.05) is 6.07 Å². The Labute approximate surface area is 121 Å². The van der Waals surface area contributed by atoms with E-state index in [1.54, 1.807) is 12.1 Å². The van der Waals surface area contributed by atoms with Crippen LogP contribution in [0.25, 0.3) is 0 Å². The van der Waals surface area contributed by atoms with Gasteiger partial charge in [-0.2, -0.15) is 0 Å². The van der Waals surface area contributed by atoms with Crippen LogP contribution < -0.4 is 15.2 Å². The summed E-state index contributed by atoms with van der Waals surface area (Å²) in [5.74, 6) is -0.437. The Morgan fingerprint density at radius 1 is 1.33 bits per heavy atom. The number of sulfonamides is 1. The molecule has 2 rings (SSSR count). The molecule has 112 valence electrons. The number of nitrogens with zero attached hydrogens (tertiary/aromatic N) is 1. The molecule has 2 aromatic rings. The number of methoxy groups -OCH3 is 1. The van der Waals surface area contributed by atoms with Crippen molar-refractivity contribution in [1.82, 2.24) is 9.71 Å². The average Bonchev–Trinajstić information content (AvgIpc) is 2.48. The number of nitrogens with two attached hydrogens (primary N) is 1. The summed E-state index contributed by atoms with van der Waals surface area (Å²) in [6, 6.07) is 6.64. The third kappa shape index (κ3) is 3.67. The topological polar surface area (TPSA) is 94.3 Å². The molecule has 0 saturated carbocycles. The maximum absolute atomic E-state index is 13.6. The predicted molar refractivity (Wildman–Crippen MR) is 75.6 cm³/mol. The lowest BCUT2D eigenvalue weighted by atomic mass is 10.3. The number of nitrogens with one attached hydrogen (secondary N) is 1. The number of halogens is 1. The Kier molecular flexibility index (Phi) is 4.39. The summed E-state index contributed by atoms with van der Waals surface area (Å²) >= 11 is 0. The molecule has 1 heterocycles. The van der Waals surface area contributed by atoms with Gasteiger partial charge in [-0.3, -0.25) is 0 Å². The second-order valence-electron chi connectivity index (χ2n) is 4.22. The van der Waals surface area contributed by atoms with E-state index in [4.69, 9.17) is 10.5 Å². The van der Waals surface area contributed by atoms with Crippen LogP contribution in [0.3, 0.4) is 0 Å². The van der Waals surface area contributed by atoms with Crippen molar-refractivity contribution in [1.29, 1.82) is 0 Å². The first-order valence-electron chi connectivity index (χ1n) is 5.96. The maximum atomic E-state index is 13.6. The van der Waals surface area contributed by atoms with E-state index in [2.05, 4.69) is 9.71 Å². The van der Waals surface area contributed by atoms with Gasteiger partial charge in [0.25, 0.3) is 0 Å². The zero-order valence-corrected chi connectivity index (χ0v) is 12.0. The summed E-state index contributed by atoms with van der Waals surface area (Å²) in [6.45, 7) is -0.0203. The van der Waals surface area contributed by atoms with Crippen molar-refractivity contribution < 1.29 is 17.5 Å². The van der Waals surface area contributed by atoms with Crippen LogP contribution in [0.5, 0.6) is 5.88 Å². The molecule has 1 aromatic heterocycles. The highest BCUT2D eigenvalue weighted by Crippen LogP contribution is 2.18. The second kappa shape index (κ2) is 6.06. The molecule has 0 amide bonds. The van der Waals surface area contributed by atoms with Gasteiger partial charge >= 0.3 is 0 Å². The third-order valence-electron chi connectivity index (χ3n) is 2.72. The van der Waals surface area contributed by atoms with E-state index in [-0.39, 0.29) is 12.2 Å². The van der Waals surface area contributed by atoms with E-state index in [0.717, 1.165) is 12.1 Å². The molecule has 0 aliphatic rings. The van der Waals surface area contributed by atoms with Gasteiger partial charge in [0.2, 0.25) is 15.9 Å². The fourth-order valence-corrected chi connectivity index (χ4v) is 2.75. The van der Waals surface area contributed by atoms with E-state index in [1.807, 2.05) is 0 Å². The number of pyridine rings is 1. The molecule has 0 radical (unpaired) electrons. The van der Waals surface area contributed by atoms with E-state index < -0.39 is 20.7 Å². The Balaban J connectivity index is 2.15. The summed E-state index contributed by atoms with van der Waals surface area (Å²) in [5, 5.41) is 0. The molecule has 0 fully saturated rings. The van der Waals surface area contributed by atoms with Crippen LogP contribution in [0, 0.1) is 5.82 Å². The summed E-state index contributed by atoms with van der Waals surface area (Å²) in [5.41, 5.74) is 6.26. The van der Waals surface area contributed by atoms with E-state index in [1.165, 1.54) is 19.4 Å². The number of nitrogen functional groups attached to an aromatic ring is 1. The monoisotopic (exact) mass is 311 g/mol. The van der Waals surface area contributed by atoms with Crippen LogP contribution in [0.4, 0.5) is 10.1 Å². The van der Waals surface area contributed by atoms with Crippen molar-refractivity contribution in [2.45, 2.75) is 11.4 Å². The molecule has 0 aliphatic carbocycles. The molecule has 1 aromatic carbocycles. The van der Waals surface area contributed by atoms with Crippen LogP contribution in [-0.4, -0.2) is 20.5 Å². The zero-order chi connectivity index (χ0) is 15.5. The van der Waals surface area contributed by atoms with Gasteiger partial charge in [-0.25, -0.2) is 22.5 Å². The Morgan fingerprint density at radius 3 is 2.71 bits per heavy atom. The molecule has 21 heavy (non-hydrogen) atoms. The lowest BCUT2D eigenvalue weighted by Crippen LogP contribution is -2.24. The molecule has 0 saturated heterocycles. The van der Waals surface area contributed by atoms with Crippen molar-refractivity contribution in [2.75, 3.05) is 12.8 Å². The first-order valence-corrected chi connectivity index (χ1v) is 7.44. The van der Waals surface area contributed by atoms with Crippen molar-refractivity contribution >= 4 is 15.7 Å². The fraction of sp³-hybridized carbons (Fsp3) is 0.154. The molecule has 6 nitrogen and oxygen atoms in total. The molecule has 3 N–H and O–H groups in total. The third-order valence-corrected chi connectivity index (χ3v) is 4.13. The van der Waals surface area contributed by atoms with Crippen molar-refractivity contribution in [3.8, 4) is 5.88 Å². The van der Waals surface area contributed by atoms with Crippen LogP contribution in [-0.2, 0) is 16.6 Å². The van der Waals surface area contributed by atoms with E-state index in [0.29, 0.717) is 11.4 Å². The number of hydrogen-bond donors (Lipinski definition) is 2. The number of hydrogen-bond acceptors (Lipinski definition) is 5. The maximum Gasteiger partial charge on any atom is 0.243 e. The number of benzene rings is 1. The molecule has 0 bridgehead atoms. The van der Waals surface area contributed by atoms with Gasteiger partial charge in [0, 0.05) is 24.5 Å². The lowest BCUT2D eigenvalue weighted by Gasteiger charge is -2.08. The predicted octanol–water partition coefficient (Wildman–Crippen LogP) is 1.29. The van der Waals surface area contributed by atoms with E-state index in [9.17, 15) is 12.8 Å². The first-order chi connectivity index (χ1) is 9.92. The highest BCUT2D eigenvalue weighted by Gasteiger charge is 2.19. The fourth-order valence-electron chi connectivity index (χ4n) is 1.62. The summed E-state index contributed by atoms with van der Waals surface area (Å²) < 4.78 is 44.9. The number of ether oxygens (including phenoxy) is 1. The molecular weight excluding hydrogens is 297 g/mol. The average molecular weight is 311 g/mol. The van der Waals surface area contributed by atoms with Gasteiger partial charge < -0.3 is 10.5 Å². The minimum atomic E-state index is -3.99. The van der Waals surface area contributed by atoms with Gasteiger partial charge in [-0.15, -0.1) is 0 Å². The molecule has 0 spiro atoms. The first kappa shape index (κ1) is 15.2. The van der Waals surface area contributed by atoms with Crippen LogP contribution in [0.15, 0.2) is 41.4 Å². The minimum Gasteiger partial charge on any atom is -0.481 e. The Bertz CT molecular complexity index is 733. The molecule has 0 atom stereocenters. The van der Waals surface area contributed by atoms with Gasteiger partial charge in [0.15, 0.2) is 0 Å². The zero-order valence-electron chi connectivity index (χ0n) is 11.2. The number of anilines is 1. The number of rotatable bonds is 5. The largest absolute Gasteiger partial charge is 0.481 e. The summed E-state index contributed by atoms with van der Waals surface area (Å²) in [7, 11) is -2.51. The highest BCUT2D eigenvalue weighted by molar-refractivity contribution is 7.89. The highest BCUT2D eigenvalue weighted by atomic mass is 32.2. The molecular formula is C13H14FN3O3S. The lowest BCUT2D eigenvalue weighted by molar-refractivity contribution is 0.397. The van der Waals surface area contributed by atoms with Gasteiger partial charge in [0.1, 0.15) is 10.7 Å². The van der Waals surface area contributed by atoms with Gasteiger partial charge in [0.05, 0.1) is 7.11 Å². The van der Waals surface area contributed by atoms with Crippen molar-refractivity contribution in [3.63, 3.8) is 0 Å². The van der Waals surface area contributed by atoms with Crippen LogP contribution in [0.2, 0.25) is 0 Å². The molecule has 8 heteroatoms. The normalized spacial score (nSPS) is 11.3.